The maximum absolute atomic E-state index is 12.2. The maximum atomic E-state index is 12.2. The molecule has 1 aromatic carbocycles. The average Bonchev–Trinajstić information content (AvgIpc) is 2.96. The van der Waals surface area contributed by atoms with Crippen LogP contribution in [0.2, 0.25) is 0 Å². The fourth-order valence-electron chi connectivity index (χ4n) is 2.41. The largest absolute Gasteiger partial charge is 0.462 e. The lowest BCUT2D eigenvalue weighted by Gasteiger charge is -2.05. The van der Waals surface area contributed by atoms with Crippen LogP contribution >= 0.6 is 0 Å². The Morgan fingerprint density at radius 3 is 2.24 bits per heavy atom. The molecule has 0 bridgehead atoms. The van der Waals surface area contributed by atoms with Gasteiger partial charge >= 0.3 is 17.8 Å². The zero-order chi connectivity index (χ0) is 18.4. The monoisotopic (exact) mass is 346 g/mol. The van der Waals surface area contributed by atoms with Gasteiger partial charge in [-0.3, -0.25) is 0 Å². The van der Waals surface area contributed by atoms with Gasteiger partial charge < -0.3 is 19.6 Å². The summed E-state index contributed by atoms with van der Waals surface area (Å²) in [5.74, 6) is -2.23. The van der Waals surface area contributed by atoms with E-state index < -0.39 is 22.7 Å². The van der Waals surface area contributed by atoms with Crippen LogP contribution in [0.25, 0.3) is 0 Å². The van der Waals surface area contributed by atoms with E-state index in [1.54, 1.807) is 38.1 Å². The van der Waals surface area contributed by atoms with Crippen molar-refractivity contribution in [3.8, 4) is 0 Å². The molecule has 0 N–H and O–H groups in total. The highest BCUT2D eigenvalue weighted by atomic mass is 16.6. The Hall–Kier alpha value is -3.16. The summed E-state index contributed by atoms with van der Waals surface area (Å²) in [6.07, 6.45) is 1.26. The normalized spacial score (nSPS) is 10.3. The average molecular weight is 346 g/mol. The second kappa shape index (κ2) is 8.09. The molecule has 8 nitrogen and oxygen atoms in total. The first-order chi connectivity index (χ1) is 12.0. The SMILES string of the molecule is CCOC(=O)c1cn(Cc2ccccc2)c([N+](=O)[O-])c1C(=O)OCC. The first-order valence-corrected chi connectivity index (χ1v) is 7.75. The van der Waals surface area contributed by atoms with Crippen LogP contribution in [0, 0.1) is 10.1 Å². The van der Waals surface area contributed by atoms with Crippen molar-refractivity contribution < 1.29 is 24.0 Å². The second-order valence-electron chi connectivity index (χ2n) is 5.05. The van der Waals surface area contributed by atoms with Gasteiger partial charge in [-0.2, -0.15) is 0 Å². The molecule has 0 atom stereocenters. The molecule has 2 rings (SSSR count). The molecule has 0 fully saturated rings. The minimum atomic E-state index is -0.927. The van der Waals surface area contributed by atoms with Gasteiger partial charge in [-0.25, -0.2) is 14.2 Å². The zero-order valence-electron chi connectivity index (χ0n) is 13.9. The van der Waals surface area contributed by atoms with Gasteiger partial charge in [-0.05, 0) is 24.3 Å². The Bertz CT molecular complexity index is 782. The Morgan fingerprint density at radius 1 is 1.08 bits per heavy atom. The Kier molecular flexibility index (Phi) is 5.89. The van der Waals surface area contributed by atoms with E-state index in [1.807, 2.05) is 6.07 Å². The highest BCUT2D eigenvalue weighted by Crippen LogP contribution is 2.28. The first kappa shape index (κ1) is 18.2. The number of nitrogens with zero attached hydrogens (tertiary/aromatic N) is 2. The van der Waals surface area contributed by atoms with Crippen molar-refractivity contribution in [1.29, 1.82) is 0 Å². The molecule has 2 aromatic rings. The van der Waals surface area contributed by atoms with E-state index in [2.05, 4.69) is 0 Å². The summed E-state index contributed by atoms with van der Waals surface area (Å²) < 4.78 is 11.0. The van der Waals surface area contributed by atoms with Crippen LogP contribution in [-0.2, 0) is 16.0 Å². The number of carbonyl (C=O) groups excluding carboxylic acids is 2. The predicted molar refractivity (Wildman–Crippen MR) is 88.5 cm³/mol. The van der Waals surface area contributed by atoms with Crippen molar-refractivity contribution >= 4 is 17.8 Å². The van der Waals surface area contributed by atoms with E-state index in [0.717, 1.165) is 5.56 Å². The van der Waals surface area contributed by atoms with E-state index in [0.29, 0.717) is 0 Å². The minimum Gasteiger partial charge on any atom is -0.462 e. The summed E-state index contributed by atoms with van der Waals surface area (Å²) in [6, 6.07) is 8.99. The highest BCUT2D eigenvalue weighted by Gasteiger charge is 2.35. The number of rotatable bonds is 7. The number of benzene rings is 1. The summed E-state index contributed by atoms with van der Waals surface area (Å²) in [6.45, 7) is 3.43. The van der Waals surface area contributed by atoms with Crippen molar-refractivity contribution in [1.82, 2.24) is 4.57 Å². The number of hydrogen-bond acceptors (Lipinski definition) is 6. The van der Waals surface area contributed by atoms with Gasteiger partial charge in [0.2, 0.25) is 0 Å². The molecule has 0 spiro atoms. The standard InChI is InChI=1S/C17H18N2O6/c1-3-24-16(20)13-11-18(10-12-8-6-5-7-9-12)15(19(22)23)14(13)17(21)25-4-2/h5-9,11H,3-4,10H2,1-2H3. The van der Waals surface area contributed by atoms with Gasteiger partial charge in [0.05, 0.1) is 13.2 Å². The molecular formula is C17H18N2O6. The zero-order valence-corrected chi connectivity index (χ0v) is 13.9. The van der Waals surface area contributed by atoms with Gasteiger partial charge in [-0.1, -0.05) is 30.3 Å². The third-order valence-electron chi connectivity index (χ3n) is 3.39. The highest BCUT2D eigenvalue weighted by molar-refractivity contribution is 6.06. The summed E-state index contributed by atoms with van der Waals surface area (Å²) >= 11 is 0. The summed E-state index contributed by atoms with van der Waals surface area (Å²) in [7, 11) is 0. The van der Waals surface area contributed by atoms with Crippen LogP contribution in [0.5, 0.6) is 0 Å². The molecule has 0 saturated heterocycles. The fourth-order valence-corrected chi connectivity index (χ4v) is 2.41. The molecule has 0 aliphatic rings. The lowest BCUT2D eigenvalue weighted by molar-refractivity contribution is -0.392. The number of esters is 2. The molecule has 25 heavy (non-hydrogen) atoms. The van der Waals surface area contributed by atoms with E-state index in [-0.39, 0.29) is 30.9 Å². The van der Waals surface area contributed by atoms with Crippen LogP contribution in [0.3, 0.4) is 0 Å². The van der Waals surface area contributed by atoms with Gasteiger partial charge in [-0.15, -0.1) is 0 Å². The molecule has 1 heterocycles. The van der Waals surface area contributed by atoms with E-state index in [1.165, 1.54) is 10.8 Å². The van der Waals surface area contributed by atoms with Gasteiger partial charge in [0.1, 0.15) is 18.3 Å². The molecule has 0 aliphatic heterocycles. The lowest BCUT2D eigenvalue weighted by atomic mass is 10.2. The van der Waals surface area contributed by atoms with Crippen LogP contribution in [0.4, 0.5) is 5.82 Å². The van der Waals surface area contributed by atoms with Crippen molar-refractivity contribution in [2.45, 2.75) is 20.4 Å². The Morgan fingerprint density at radius 2 is 1.68 bits per heavy atom. The van der Waals surface area contributed by atoms with Crippen molar-refractivity contribution in [2.75, 3.05) is 13.2 Å². The third-order valence-corrected chi connectivity index (χ3v) is 3.39. The van der Waals surface area contributed by atoms with E-state index in [4.69, 9.17) is 9.47 Å². The van der Waals surface area contributed by atoms with Gasteiger partial charge in [0.25, 0.3) is 0 Å². The smallest absolute Gasteiger partial charge is 0.347 e. The van der Waals surface area contributed by atoms with Crippen LogP contribution in [0.15, 0.2) is 36.5 Å². The predicted octanol–water partition coefficient (Wildman–Crippen LogP) is 2.80. The van der Waals surface area contributed by atoms with Gasteiger partial charge in [0.15, 0.2) is 5.56 Å². The van der Waals surface area contributed by atoms with E-state index >= 15 is 0 Å². The maximum Gasteiger partial charge on any atom is 0.347 e. The van der Waals surface area contributed by atoms with E-state index in [9.17, 15) is 19.7 Å². The molecule has 8 heteroatoms. The van der Waals surface area contributed by atoms with Crippen molar-refractivity contribution in [3.63, 3.8) is 0 Å². The number of hydrogen-bond donors (Lipinski definition) is 0. The van der Waals surface area contributed by atoms with Crippen LogP contribution in [-0.4, -0.2) is 34.6 Å². The van der Waals surface area contributed by atoms with Crippen molar-refractivity contribution in [3.05, 3.63) is 63.3 Å². The number of ether oxygens (including phenoxy) is 2. The minimum absolute atomic E-state index is 0.0299. The number of carbonyl (C=O) groups is 2. The van der Waals surface area contributed by atoms with Crippen molar-refractivity contribution in [2.24, 2.45) is 0 Å². The molecule has 0 aliphatic carbocycles. The molecule has 0 unspecified atom stereocenters. The third kappa shape index (κ3) is 4.03. The quantitative estimate of drug-likeness (QED) is 0.434. The topological polar surface area (TPSA) is 101 Å². The van der Waals surface area contributed by atoms with Gasteiger partial charge in [0, 0.05) is 0 Å². The lowest BCUT2D eigenvalue weighted by Crippen LogP contribution is -2.14. The summed E-state index contributed by atoms with van der Waals surface area (Å²) in [5.41, 5.74) is 0.218. The fraction of sp³-hybridized carbons (Fsp3) is 0.294. The molecule has 0 saturated carbocycles. The summed E-state index contributed by atoms with van der Waals surface area (Å²) in [4.78, 5) is 35.2. The number of nitro groups is 1. The molecule has 1 aromatic heterocycles. The first-order valence-electron chi connectivity index (χ1n) is 7.75. The molecule has 0 radical (unpaired) electrons. The van der Waals surface area contributed by atoms with Crippen LogP contribution in [0.1, 0.15) is 40.1 Å². The molecule has 132 valence electrons. The molecular weight excluding hydrogens is 328 g/mol. The van der Waals surface area contributed by atoms with Crippen LogP contribution < -0.4 is 0 Å². The Balaban J connectivity index is 2.58. The number of aromatic nitrogens is 1. The second-order valence-corrected chi connectivity index (χ2v) is 5.05. The molecule has 0 amide bonds. The Labute approximate surface area is 144 Å². The summed E-state index contributed by atoms with van der Waals surface area (Å²) in [5, 5.41) is 11.6.